The largest absolute Gasteiger partial charge is 0.432 e. The zero-order valence-corrected chi connectivity index (χ0v) is 7.37. The molecule has 64 valence electrons. The smallest absolute Gasteiger partial charge is 0.306 e. The van der Waals surface area contributed by atoms with Crippen LogP contribution in [0.2, 0.25) is 0 Å². The maximum atomic E-state index is 5.19. The summed E-state index contributed by atoms with van der Waals surface area (Å²) >= 11 is 0. The molecular formula is C9H12N2O. The van der Waals surface area contributed by atoms with Crippen molar-refractivity contribution >= 4 is 5.84 Å². The van der Waals surface area contributed by atoms with Crippen molar-refractivity contribution in [3.63, 3.8) is 0 Å². The van der Waals surface area contributed by atoms with Gasteiger partial charge in [-0.2, -0.15) is 4.98 Å². The van der Waals surface area contributed by atoms with E-state index in [1.165, 1.54) is 5.69 Å². The Morgan fingerprint density at radius 1 is 1.42 bits per heavy atom. The number of rotatable bonds is 2. The van der Waals surface area contributed by atoms with Crippen LogP contribution in [0.1, 0.15) is 25.2 Å². The van der Waals surface area contributed by atoms with Gasteiger partial charge in [-0.25, -0.2) is 0 Å². The topological polar surface area (TPSA) is 30.4 Å². The molecule has 0 aliphatic carbocycles. The average Bonchev–Trinajstić information content (AvgIpc) is 2.61. The maximum Gasteiger partial charge on any atom is 0.306 e. The van der Waals surface area contributed by atoms with Crippen molar-refractivity contribution in [1.82, 2.24) is 9.38 Å². The van der Waals surface area contributed by atoms with Gasteiger partial charge in [0.25, 0.3) is 0 Å². The van der Waals surface area contributed by atoms with Gasteiger partial charge in [0.15, 0.2) is 0 Å². The number of oxazole rings is 1. The van der Waals surface area contributed by atoms with E-state index in [2.05, 4.69) is 18.8 Å². The van der Waals surface area contributed by atoms with E-state index in [-0.39, 0.29) is 0 Å². The normalized spacial score (nSPS) is 11.2. The summed E-state index contributed by atoms with van der Waals surface area (Å²) in [5.74, 6) is 0.712. The van der Waals surface area contributed by atoms with Crippen LogP contribution in [-0.2, 0) is 12.8 Å². The molecule has 0 unspecified atom stereocenters. The van der Waals surface area contributed by atoms with Crippen LogP contribution < -0.4 is 0 Å². The molecule has 0 atom stereocenters. The van der Waals surface area contributed by atoms with Gasteiger partial charge in [0.05, 0.1) is 5.69 Å². The van der Waals surface area contributed by atoms with E-state index in [4.69, 9.17) is 4.42 Å². The van der Waals surface area contributed by atoms with E-state index in [0.717, 1.165) is 18.5 Å². The Labute approximate surface area is 71.0 Å². The first-order chi connectivity index (χ1) is 5.86. The molecule has 12 heavy (non-hydrogen) atoms. The molecule has 2 aromatic heterocycles. The van der Waals surface area contributed by atoms with Crippen LogP contribution in [0.15, 0.2) is 16.9 Å². The molecule has 0 bridgehead atoms. The number of hydrogen-bond acceptors (Lipinski definition) is 2. The predicted molar refractivity (Wildman–Crippen MR) is 46.2 cm³/mol. The summed E-state index contributed by atoms with van der Waals surface area (Å²) in [4.78, 5) is 4.36. The number of imidazole rings is 1. The van der Waals surface area contributed by atoms with E-state index in [0.29, 0.717) is 5.84 Å². The summed E-state index contributed by atoms with van der Waals surface area (Å²) in [5.41, 5.74) is 2.41. The zero-order chi connectivity index (χ0) is 8.55. The second-order valence-electron chi connectivity index (χ2n) is 2.77. The van der Waals surface area contributed by atoms with Crippen molar-refractivity contribution in [3.8, 4) is 0 Å². The van der Waals surface area contributed by atoms with E-state index in [1.54, 1.807) is 6.26 Å². The molecule has 2 rings (SSSR count). The number of nitrogens with zero attached hydrogens (tertiary/aromatic N) is 2. The molecule has 0 aliphatic heterocycles. The van der Waals surface area contributed by atoms with Crippen molar-refractivity contribution < 1.29 is 4.42 Å². The Kier molecular flexibility index (Phi) is 1.64. The van der Waals surface area contributed by atoms with Gasteiger partial charge in [-0.15, -0.1) is 0 Å². The molecule has 0 saturated heterocycles. The fourth-order valence-electron chi connectivity index (χ4n) is 1.53. The maximum absolute atomic E-state index is 5.19. The van der Waals surface area contributed by atoms with Crippen LogP contribution in [0.3, 0.4) is 0 Å². The van der Waals surface area contributed by atoms with Gasteiger partial charge in [-0.1, -0.05) is 13.8 Å². The van der Waals surface area contributed by atoms with E-state index >= 15 is 0 Å². The number of fused-ring (bicyclic) bond motifs is 1. The summed E-state index contributed by atoms with van der Waals surface area (Å²) in [6, 6.07) is 0. The molecule has 3 heteroatoms. The molecule has 0 radical (unpaired) electrons. The first-order valence-electron chi connectivity index (χ1n) is 4.30. The standard InChI is InChI=1S/C9H12N2O/c1-3-7-8(4-2)11-5-6-12-9(11)10-7/h5-6H,3-4H2,1-2H3. The zero-order valence-electron chi connectivity index (χ0n) is 7.37. The lowest BCUT2D eigenvalue weighted by Gasteiger charge is -1.94. The fourth-order valence-corrected chi connectivity index (χ4v) is 1.53. The molecule has 2 heterocycles. The molecule has 2 aromatic rings. The van der Waals surface area contributed by atoms with Crippen LogP contribution in [0, 0.1) is 0 Å². The third kappa shape index (κ3) is 0.858. The Bertz CT molecular complexity index is 386. The van der Waals surface area contributed by atoms with Crippen LogP contribution in [0.25, 0.3) is 5.84 Å². The number of hydrogen-bond donors (Lipinski definition) is 0. The van der Waals surface area contributed by atoms with Gasteiger partial charge >= 0.3 is 5.84 Å². The van der Waals surface area contributed by atoms with Gasteiger partial charge in [0, 0.05) is 11.9 Å². The summed E-state index contributed by atoms with van der Waals surface area (Å²) < 4.78 is 7.21. The molecule has 0 aliphatic rings. The Morgan fingerprint density at radius 2 is 2.25 bits per heavy atom. The lowest BCUT2D eigenvalue weighted by molar-refractivity contribution is 0.594. The highest BCUT2D eigenvalue weighted by Crippen LogP contribution is 2.14. The minimum atomic E-state index is 0.712. The lowest BCUT2D eigenvalue weighted by Crippen LogP contribution is -1.91. The lowest BCUT2D eigenvalue weighted by atomic mass is 10.2. The van der Waals surface area contributed by atoms with Crippen LogP contribution >= 0.6 is 0 Å². The Morgan fingerprint density at radius 3 is 2.92 bits per heavy atom. The van der Waals surface area contributed by atoms with Gasteiger partial charge in [-0.05, 0) is 12.8 Å². The van der Waals surface area contributed by atoms with Gasteiger partial charge in [0.2, 0.25) is 0 Å². The highest BCUT2D eigenvalue weighted by molar-refractivity contribution is 5.32. The molecule has 0 fully saturated rings. The summed E-state index contributed by atoms with van der Waals surface area (Å²) in [6.07, 6.45) is 5.56. The average molecular weight is 164 g/mol. The second-order valence-corrected chi connectivity index (χ2v) is 2.77. The van der Waals surface area contributed by atoms with Gasteiger partial charge in [0.1, 0.15) is 6.26 Å². The van der Waals surface area contributed by atoms with Gasteiger partial charge in [-0.3, -0.25) is 4.40 Å². The van der Waals surface area contributed by atoms with Gasteiger partial charge < -0.3 is 4.42 Å². The highest BCUT2D eigenvalue weighted by Gasteiger charge is 2.09. The minimum absolute atomic E-state index is 0.712. The predicted octanol–water partition coefficient (Wildman–Crippen LogP) is 2.05. The highest BCUT2D eigenvalue weighted by atomic mass is 16.3. The molecular weight excluding hydrogens is 152 g/mol. The third-order valence-electron chi connectivity index (χ3n) is 2.11. The number of aryl methyl sites for hydroxylation is 2. The minimum Gasteiger partial charge on any atom is -0.432 e. The van der Waals surface area contributed by atoms with E-state index in [1.807, 2.05) is 10.6 Å². The molecule has 0 N–H and O–H groups in total. The number of aromatic nitrogens is 2. The quantitative estimate of drug-likeness (QED) is 0.680. The SMILES string of the molecule is CCc1nc2occn2c1CC. The Hall–Kier alpha value is -1.25. The summed E-state index contributed by atoms with van der Waals surface area (Å²) in [6.45, 7) is 4.25. The second kappa shape index (κ2) is 2.66. The van der Waals surface area contributed by atoms with Crippen molar-refractivity contribution in [1.29, 1.82) is 0 Å². The molecule has 3 nitrogen and oxygen atoms in total. The first kappa shape index (κ1) is 7.40. The van der Waals surface area contributed by atoms with Crippen molar-refractivity contribution in [2.75, 3.05) is 0 Å². The van der Waals surface area contributed by atoms with E-state index in [9.17, 15) is 0 Å². The molecule has 0 saturated carbocycles. The molecule has 0 amide bonds. The van der Waals surface area contributed by atoms with Crippen LogP contribution in [0.5, 0.6) is 0 Å². The summed E-state index contributed by atoms with van der Waals surface area (Å²) in [7, 11) is 0. The van der Waals surface area contributed by atoms with Crippen molar-refractivity contribution in [3.05, 3.63) is 23.8 Å². The third-order valence-corrected chi connectivity index (χ3v) is 2.11. The van der Waals surface area contributed by atoms with Crippen molar-refractivity contribution in [2.24, 2.45) is 0 Å². The van der Waals surface area contributed by atoms with Crippen LogP contribution in [-0.4, -0.2) is 9.38 Å². The fraction of sp³-hybridized carbons (Fsp3) is 0.444. The van der Waals surface area contributed by atoms with E-state index < -0.39 is 0 Å². The molecule has 0 aromatic carbocycles. The monoisotopic (exact) mass is 164 g/mol. The Balaban J connectivity index is 2.70. The first-order valence-corrected chi connectivity index (χ1v) is 4.30. The van der Waals surface area contributed by atoms with Crippen LogP contribution in [0.4, 0.5) is 0 Å². The molecule has 0 spiro atoms. The van der Waals surface area contributed by atoms with Crippen molar-refractivity contribution in [2.45, 2.75) is 26.7 Å². The summed E-state index contributed by atoms with van der Waals surface area (Å²) in [5, 5.41) is 0.